The summed E-state index contributed by atoms with van der Waals surface area (Å²) in [5, 5.41) is 13.5. The highest BCUT2D eigenvalue weighted by Gasteiger charge is 2.69. The Hall–Kier alpha value is -1.33. The molecule has 0 aromatic carbocycles. The molecule has 1 N–H and O–H groups in total. The van der Waals surface area contributed by atoms with Gasteiger partial charge < -0.3 is 10.2 Å². The Morgan fingerprint density at radius 3 is 2.00 bits per heavy atom. The Kier molecular flexibility index (Phi) is 3.16. The molecule has 6 nitrogen and oxygen atoms in total. The average Bonchev–Trinajstić information content (AvgIpc) is 2.18. The Labute approximate surface area is 137 Å². The van der Waals surface area contributed by atoms with Gasteiger partial charge >= 0.3 is 0 Å². The number of carbonyl (C=O) groups excluding carboxylic acids is 1. The van der Waals surface area contributed by atoms with Crippen molar-refractivity contribution in [3.8, 4) is 0 Å². The second kappa shape index (κ2) is 4.39. The fourth-order valence-electron chi connectivity index (χ4n) is 6.56. The molecule has 0 aliphatic heterocycles. The molecule has 130 valence electrons. The van der Waals surface area contributed by atoms with Crippen molar-refractivity contribution in [1.29, 1.82) is 0 Å². The summed E-state index contributed by atoms with van der Waals surface area (Å²) in [6.07, 6.45) is 4.46. The molecule has 0 radical (unpaired) electrons. The van der Waals surface area contributed by atoms with Gasteiger partial charge in [-0.15, -0.1) is 10.1 Å². The van der Waals surface area contributed by atoms with Gasteiger partial charge in [0.2, 0.25) is 5.91 Å². The van der Waals surface area contributed by atoms with Crippen LogP contribution in [0.4, 0.5) is 0 Å². The zero-order valence-corrected chi connectivity index (χ0v) is 14.8. The molecular formula is C17H28N2O4. The number of carbonyl (C=O) groups is 1. The molecule has 4 fully saturated rings. The third-order valence-corrected chi connectivity index (χ3v) is 5.78. The van der Waals surface area contributed by atoms with E-state index in [1.165, 1.54) is 0 Å². The van der Waals surface area contributed by atoms with Crippen LogP contribution in [-0.2, 0) is 9.63 Å². The van der Waals surface area contributed by atoms with E-state index in [4.69, 9.17) is 4.84 Å². The Balaban J connectivity index is 1.99. The predicted octanol–water partition coefficient (Wildman–Crippen LogP) is 3.23. The SMILES string of the molecule is CC12CC3(C)CC(O[N+](=O)[O-])(C1)CC(C(=O)NC(C)(C)C)(C2)C3. The van der Waals surface area contributed by atoms with Crippen LogP contribution in [0.3, 0.4) is 0 Å². The summed E-state index contributed by atoms with van der Waals surface area (Å²) < 4.78 is 0. The molecule has 4 bridgehead atoms. The maximum absolute atomic E-state index is 13.1. The minimum Gasteiger partial charge on any atom is -0.351 e. The highest BCUT2D eigenvalue weighted by atomic mass is 17.0. The topological polar surface area (TPSA) is 81.5 Å². The van der Waals surface area contributed by atoms with Gasteiger partial charge in [0.1, 0.15) is 5.60 Å². The molecule has 4 saturated carbocycles. The van der Waals surface area contributed by atoms with Crippen LogP contribution in [0.15, 0.2) is 0 Å². The van der Waals surface area contributed by atoms with Gasteiger partial charge in [0.25, 0.3) is 5.09 Å². The molecule has 0 saturated heterocycles. The lowest BCUT2D eigenvalue weighted by atomic mass is 9.38. The van der Waals surface area contributed by atoms with E-state index in [9.17, 15) is 14.9 Å². The third-order valence-electron chi connectivity index (χ3n) is 5.78. The predicted molar refractivity (Wildman–Crippen MR) is 85.1 cm³/mol. The van der Waals surface area contributed by atoms with Gasteiger partial charge in [-0.05, 0) is 70.1 Å². The van der Waals surface area contributed by atoms with Crippen LogP contribution in [0.25, 0.3) is 0 Å². The average molecular weight is 324 g/mol. The van der Waals surface area contributed by atoms with Gasteiger partial charge in [-0.1, -0.05) is 13.8 Å². The standard InChI is InChI=1S/C17H28N2O4/c1-13(2,3)18-12(20)16-7-14(4)6-15(5,8-16)10-17(9-14,11-16)23-19(21)22/h6-11H2,1-5H3,(H,18,20). The van der Waals surface area contributed by atoms with E-state index in [2.05, 4.69) is 19.2 Å². The molecule has 0 heterocycles. The molecular weight excluding hydrogens is 296 g/mol. The summed E-state index contributed by atoms with van der Waals surface area (Å²) in [5.41, 5.74) is -1.76. The van der Waals surface area contributed by atoms with Gasteiger partial charge in [-0.2, -0.15) is 0 Å². The van der Waals surface area contributed by atoms with Crippen LogP contribution in [0.1, 0.15) is 73.1 Å². The molecule has 2 unspecified atom stereocenters. The highest BCUT2D eigenvalue weighted by Crippen LogP contribution is 2.71. The Bertz CT molecular complexity index is 547. The number of nitrogens with zero attached hydrogens (tertiary/aromatic N) is 1. The molecule has 23 heavy (non-hydrogen) atoms. The maximum Gasteiger partial charge on any atom is 0.295 e. The summed E-state index contributed by atoms with van der Waals surface area (Å²) in [4.78, 5) is 29.4. The summed E-state index contributed by atoms with van der Waals surface area (Å²) in [6.45, 7) is 10.2. The van der Waals surface area contributed by atoms with Crippen molar-refractivity contribution in [3.63, 3.8) is 0 Å². The Morgan fingerprint density at radius 1 is 1.04 bits per heavy atom. The molecule has 1 amide bonds. The first-order valence-corrected chi connectivity index (χ1v) is 8.45. The summed E-state index contributed by atoms with van der Waals surface area (Å²) in [7, 11) is 0. The van der Waals surface area contributed by atoms with Crippen molar-refractivity contribution in [2.24, 2.45) is 16.2 Å². The molecule has 4 aliphatic rings. The number of nitrogens with one attached hydrogen (secondary N) is 1. The van der Waals surface area contributed by atoms with Crippen LogP contribution in [0.5, 0.6) is 0 Å². The lowest BCUT2D eigenvalue weighted by Gasteiger charge is -2.67. The van der Waals surface area contributed by atoms with Crippen molar-refractivity contribution in [2.45, 2.75) is 84.3 Å². The van der Waals surface area contributed by atoms with Gasteiger partial charge in [-0.3, -0.25) is 4.79 Å². The van der Waals surface area contributed by atoms with Crippen LogP contribution in [0.2, 0.25) is 0 Å². The van der Waals surface area contributed by atoms with E-state index in [0.29, 0.717) is 19.3 Å². The molecule has 0 aromatic rings. The largest absolute Gasteiger partial charge is 0.351 e. The van der Waals surface area contributed by atoms with Gasteiger partial charge in [0, 0.05) is 5.54 Å². The zero-order valence-electron chi connectivity index (χ0n) is 14.8. The first kappa shape index (κ1) is 16.5. The fraction of sp³-hybridized carbons (Fsp3) is 0.941. The number of hydrogen-bond donors (Lipinski definition) is 1. The van der Waals surface area contributed by atoms with Gasteiger partial charge in [-0.25, -0.2) is 0 Å². The van der Waals surface area contributed by atoms with Crippen molar-refractivity contribution in [3.05, 3.63) is 10.1 Å². The van der Waals surface area contributed by atoms with Crippen LogP contribution in [-0.4, -0.2) is 22.1 Å². The van der Waals surface area contributed by atoms with Crippen molar-refractivity contribution >= 4 is 5.91 Å². The van der Waals surface area contributed by atoms with Crippen LogP contribution >= 0.6 is 0 Å². The highest BCUT2D eigenvalue weighted by molar-refractivity contribution is 5.84. The number of hydrogen-bond acceptors (Lipinski definition) is 4. The monoisotopic (exact) mass is 324 g/mol. The fourth-order valence-corrected chi connectivity index (χ4v) is 6.56. The molecule has 2 atom stereocenters. The quantitative estimate of drug-likeness (QED) is 0.638. The second-order valence-electron chi connectivity index (χ2n) is 10.2. The molecule has 0 spiro atoms. The third kappa shape index (κ3) is 2.81. The summed E-state index contributed by atoms with van der Waals surface area (Å²) in [6, 6.07) is 0. The molecule has 6 heteroatoms. The second-order valence-corrected chi connectivity index (χ2v) is 10.2. The molecule has 4 aliphatic carbocycles. The molecule has 4 rings (SSSR count). The summed E-state index contributed by atoms with van der Waals surface area (Å²) >= 11 is 0. The lowest BCUT2D eigenvalue weighted by Crippen LogP contribution is -2.67. The van der Waals surface area contributed by atoms with E-state index in [1.807, 2.05) is 20.8 Å². The van der Waals surface area contributed by atoms with Gasteiger partial charge in [0.15, 0.2) is 0 Å². The smallest absolute Gasteiger partial charge is 0.295 e. The molecule has 0 aromatic heterocycles. The lowest BCUT2D eigenvalue weighted by molar-refractivity contribution is -0.786. The zero-order chi connectivity index (χ0) is 17.3. The van der Waals surface area contributed by atoms with Crippen molar-refractivity contribution in [1.82, 2.24) is 5.32 Å². The summed E-state index contributed by atoms with van der Waals surface area (Å²) in [5.74, 6) is 0.0397. The van der Waals surface area contributed by atoms with Gasteiger partial charge in [0.05, 0.1) is 5.41 Å². The number of amides is 1. The first-order chi connectivity index (χ1) is 10.3. The van der Waals surface area contributed by atoms with E-state index < -0.39 is 16.1 Å². The van der Waals surface area contributed by atoms with Crippen LogP contribution in [0, 0.1) is 26.4 Å². The van der Waals surface area contributed by atoms with E-state index >= 15 is 0 Å². The van der Waals surface area contributed by atoms with Crippen molar-refractivity contribution in [2.75, 3.05) is 0 Å². The minimum absolute atomic E-state index is 0.0397. The van der Waals surface area contributed by atoms with E-state index in [-0.39, 0.29) is 22.3 Å². The number of rotatable bonds is 3. The van der Waals surface area contributed by atoms with E-state index in [1.54, 1.807) is 0 Å². The normalized spacial score (nSPS) is 44.9. The van der Waals surface area contributed by atoms with E-state index in [0.717, 1.165) is 19.3 Å². The van der Waals surface area contributed by atoms with Crippen LogP contribution < -0.4 is 5.32 Å². The maximum atomic E-state index is 13.1. The first-order valence-electron chi connectivity index (χ1n) is 8.45. The Morgan fingerprint density at radius 2 is 1.57 bits per heavy atom. The van der Waals surface area contributed by atoms with Crippen molar-refractivity contribution < 1.29 is 14.7 Å². The minimum atomic E-state index is -0.795.